The van der Waals surface area contributed by atoms with Crippen LogP contribution in [0.2, 0.25) is 0 Å². The van der Waals surface area contributed by atoms with Crippen LogP contribution in [0.3, 0.4) is 0 Å². The molecule has 0 heterocycles. The number of nitrogens with one attached hydrogen (secondary N) is 1. The Balaban J connectivity index is 1.47. The number of esters is 1. The number of benzene rings is 3. The number of rotatable bonds is 9. The van der Waals surface area contributed by atoms with Crippen LogP contribution in [0, 0.1) is 0 Å². The van der Waals surface area contributed by atoms with Gasteiger partial charge in [-0.15, -0.1) is 0 Å². The fourth-order valence-electron chi connectivity index (χ4n) is 2.65. The molecule has 0 saturated heterocycles. The third-order valence-corrected chi connectivity index (χ3v) is 4.13. The van der Waals surface area contributed by atoms with E-state index >= 15 is 0 Å². The van der Waals surface area contributed by atoms with Crippen LogP contribution in [0.4, 0.5) is 5.69 Å². The highest BCUT2D eigenvalue weighted by Gasteiger charge is 2.09. The summed E-state index contributed by atoms with van der Waals surface area (Å²) in [6.07, 6.45) is 0. The Morgan fingerprint density at radius 3 is 1.90 bits per heavy atom. The van der Waals surface area contributed by atoms with E-state index in [2.05, 4.69) is 5.32 Å². The normalized spacial score (nSPS) is 10.2. The van der Waals surface area contributed by atoms with Crippen molar-refractivity contribution in [3.63, 3.8) is 0 Å². The summed E-state index contributed by atoms with van der Waals surface area (Å²) in [5.41, 5.74) is 1.52. The Labute approximate surface area is 175 Å². The molecule has 154 valence electrons. The number of anilines is 1. The number of carbonyl (C=O) groups excluding carboxylic acids is 2. The van der Waals surface area contributed by atoms with Gasteiger partial charge in [-0.25, -0.2) is 4.79 Å². The fourth-order valence-corrected chi connectivity index (χ4v) is 2.65. The maximum Gasteiger partial charge on any atom is 0.338 e. The van der Waals surface area contributed by atoms with Gasteiger partial charge >= 0.3 is 5.97 Å². The summed E-state index contributed by atoms with van der Waals surface area (Å²) >= 11 is 0. The first-order valence-corrected chi connectivity index (χ1v) is 9.65. The molecule has 0 aliphatic heterocycles. The molecule has 30 heavy (non-hydrogen) atoms. The summed E-state index contributed by atoms with van der Waals surface area (Å²) in [7, 11) is 0. The number of amides is 1. The Hall–Kier alpha value is -3.80. The molecule has 0 atom stereocenters. The molecule has 0 spiro atoms. The van der Waals surface area contributed by atoms with E-state index in [-0.39, 0.29) is 11.9 Å². The SMILES string of the molecule is CCOC(=O)c1ccc(NC(=O)c2ccc(OCCOc3ccccc3)cc2)cc1. The maximum absolute atomic E-state index is 12.4. The summed E-state index contributed by atoms with van der Waals surface area (Å²) in [6.45, 7) is 2.89. The average molecular weight is 405 g/mol. The number of carbonyl (C=O) groups is 2. The first kappa shape index (κ1) is 20.9. The highest BCUT2D eigenvalue weighted by Crippen LogP contribution is 2.16. The fraction of sp³-hybridized carbons (Fsp3) is 0.167. The van der Waals surface area contributed by atoms with Crippen molar-refractivity contribution >= 4 is 17.6 Å². The lowest BCUT2D eigenvalue weighted by Gasteiger charge is -2.09. The number of ether oxygens (including phenoxy) is 3. The topological polar surface area (TPSA) is 73.9 Å². The molecule has 3 aromatic rings. The zero-order valence-electron chi connectivity index (χ0n) is 16.7. The second kappa shape index (κ2) is 10.7. The Morgan fingerprint density at radius 1 is 0.733 bits per heavy atom. The molecule has 0 saturated carbocycles. The van der Waals surface area contributed by atoms with E-state index in [1.807, 2.05) is 30.3 Å². The van der Waals surface area contributed by atoms with Gasteiger partial charge in [0.15, 0.2) is 0 Å². The Kier molecular flexibility index (Phi) is 7.44. The van der Waals surface area contributed by atoms with Crippen LogP contribution in [-0.2, 0) is 4.74 Å². The van der Waals surface area contributed by atoms with Gasteiger partial charge in [0.05, 0.1) is 12.2 Å². The van der Waals surface area contributed by atoms with Gasteiger partial charge < -0.3 is 19.5 Å². The van der Waals surface area contributed by atoms with Gasteiger partial charge in [0.25, 0.3) is 5.91 Å². The molecule has 3 rings (SSSR count). The molecule has 6 nitrogen and oxygen atoms in total. The second-order valence-corrected chi connectivity index (χ2v) is 6.29. The van der Waals surface area contributed by atoms with Gasteiger partial charge in [0.2, 0.25) is 0 Å². The van der Waals surface area contributed by atoms with Gasteiger partial charge in [-0.2, -0.15) is 0 Å². The van der Waals surface area contributed by atoms with E-state index in [1.54, 1.807) is 55.5 Å². The van der Waals surface area contributed by atoms with E-state index in [4.69, 9.17) is 14.2 Å². The predicted molar refractivity (Wildman–Crippen MR) is 114 cm³/mol. The van der Waals surface area contributed by atoms with Crippen molar-refractivity contribution in [3.8, 4) is 11.5 Å². The lowest BCUT2D eigenvalue weighted by Crippen LogP contribution is -2.12. The first-order chi connectivity index (χ1) is 14.7. The zero-order chi connectivity index (χ0) is 21.2. The van der Waals surface area contributed by atoms with Crippen molar-refractivity contribution in [2.75, 3.05) is 25.1 Å². The van der Waals surface area contributed by atoms with Crippen molar-refractivity contribution in [2.45, 2.75) is 6.92 Å². The van der Waals surface area contributed by atoms with E-state index in [9.17, 15) is 9.59 Å². The quantitative estimate of drug-likeness (QED) is 0.417. The number of para-hydroxylation sites is 1. The summed E-state index contributed by atoms with van der Waals surface area (Å²) in [5.74, 6) is 0.809. The predicted octanol–water partition coefficient (Wildman–Crippen LogP) is 4.57. The van der Waals surface area contributed by atoms with E-state index < -0.39 is 0 Å². The molecule has 0 radical (unpaired) electrons. The van der Waals surface area contributed by atoms with Gasteiger partial charge in [0.1, 0.15) is 24.7 Å². The first-order valence-electron chi connectivity index (χ1n) is 9.65. The van der Waals surface area contributed by atoms with E-state index in [0.29, 0.717) is 42.4 Å². The molecule has 1 amide bonds. The minimum absolute atomic E-state index is 0.252. The van der Waals surface area contributed by atoms with Crippen molar-refractivity contribution in [1.29, 1.82) is 0 Å². The number of hydrogen-bond acceptors (Lipinski definition) is 5. The van der Waals surface area contributed by atoms with E-state index in [0.717, 1.165) is 5.75 Å². The molecule has 0 aliphatic rings. The van der Waals surface area contributed by atoms with Crippen LogP contribution >= 0.6 is 0 Å². The smallest absolute Gasteiger partial charge is 0.338 e. The molecule has 0 unspecified atom stereocenters. The second-order valence-electron chi connectivity index (χ2n) is 6.29. The van der Waals surface area contributed by atoms with Crippen LogP contribution in [0.25, 0.3) is 0 Å². The lowest BCUT2D eigenvalue weighted by molar-refractivity contribution is 0.0526. The zero-order valence-corrected chi connectivity index (χ0v) is 16.7. The monoisotopic (exact) mass is 405 g/mol. The van der Waals surface area contributed by atoms with Crippen molar-refractivity contribution < 1.29 is 23.8 Å². The molecular formula is C24H23NO5. The van der Waals surface area contributed by atoms with E-state index in [1.165, 1.54) is 0 Å². The van der Waals surface area contributed by atoms with Crippen LogP contribution in [-0.4, -0.2) is 31.7 Å². The van der Waals surface area contributed by atoms with Crippen LogP contribution in [0.5, 0.6) is 11.5 Å². The lowest BCUT2D eigenvalue weighted by atomic mass is 10.1. The molecule has 1 N–H and O–H groups in total. The average Bonchev–Trinajstić information content (AvgIpc) is 2.78. The van der Waals surface area contributed by atoms with Gasteiger partial charge in [-0.1, -0.05) is 18.2 Å². The summed E-state index contributed by atoms with van der Waals surface area (Å²) in [4.78, 5) is 24.1. The van der Waals surface area contributed by atoms with Crippen LogP contribution in [0.1, 0.15) is 27.6 Å². The minimum Gasteiger partial charge on any atom is -0.490 e. The van der Waals surface area contributed by atoms with Crippen LogP contribution in [0.15, 0.2) is 78.9 Å². The molecule has 0 aromatic heterocycles. The standard InChI is InChI=1S/C24H23NO5/c1-2-28-24(27)19-8-12-20(13-9-19)25-23(26)18-10-14-22(15-11-18)30-17-16-29-21-6-4-3-5-7-21/h3-15H,2,16-17H2,1H3,(H,25,26). The van der Waals surface area contributed by atoms with Gasteiger partial charge in [-0.05, 0) is 67.6 Å². The number of hydrogen-bond donors (Lipinski definition) is 1. The van der Waals surface area contributed by atoms with Gasteiger partial charge in [0, 0.05) is 11.3 Å². The van der Waals surface area contributed by atoms with Crippen molar-refractivity contribution in [1.82, 2.24) is 0 Å². The largest absolute Gasteiger partial charge is 0.490 e. The Morgan fingerprint density at radius 2 is 1.30 bits per heavy atom. The highest BCUT2D eigenvalue weighted by molar-refractivity contribution is 6.04. The van der Waals surface area contributed by atoms with Crippen molar-refractivity contribution in [3.05, 3.63) is 90.0 Å². The molecule has 0 aliphatic carbocycles. The summed E-state index contributed by atoms with van der Waals surface area (Å²) in [5, 5.41) is 2.79. The molecule has 0 bridgehead atoms. The highest BCUT2D eigenvalue weighted by atomic mass is 16.5. The Bertz CT molecular complexity index is 953. The third-order valence-electron chi connectivity index (χ3n) is 4.13. The molecule has 0 fully saturated rings. The van der Waals surface area contributed by atoms with Gasteiger partial charge in [-0.3, -0.25) is 4.79 Å². The molecule has 3 aromatic carbocycles. The molecule has 6 heteroatoms. The minimum atomic E-state index is -0.389. The third kappa shape index (κ3) is 6.10. The molecular weight excluding hydrogens is 382 g/mol. The van der Waals surface area contributed by atoms with Crippen LogP contribution < -0.4 is 14.8 Å². The summed E-state index contributed by atoms with van der Waals surface area (Å²) < 4.78 is 16.2. The maximum atomic E-state index is 12.4. The van der Waals surface area contributed by atoms with Crippen molar-refractivity contribution in [2.24, 2.45) is 0 Å². The summed E-state index contributed by atoms with van der Waals surface area (Å²) in [6, 6.07) is 22.9.